The van der Waals surface area contributed by atoms with Gasteiger partial charge in [0.1, 0.15) is 0 Å². The van der Waals surface area contributed by atoms with Crippen molar-refractivity contribution in [1.29, 1.82) is 0 Å². The van der Waals surface area contributed by atoms with E-state index < -0.39 is 23.9 Å². The molecule has 0 amide bonds. The quantitative estimate of drug-likeness (QED) is 0.857. The number of aliphatic hydroxyl groups excluding tert-OH is 1. The average molecular weight is 344 g/mol. The number of hydrogen-bond acceptors (Lipinski definition) is 2. The molecule has 0 spiro atoms. The van der Waals surface area contributed by atoms with Crippen LogP contribution in [0.25, 0.3) is 0 Å². The molecule has 1 saturated carbocycles. The summed E-state index contributed by atoms with van der Waals surface area (Å²) in [4.78, 5) is 0. The van der Waals surface area contributed by atoms with Crippen LogP contribution in [0.3, 0.4) is 0 Å². The lowest BCUT2D eigenvalue weighted by Crippen LogP contribution is -2.32. The van der Waals surface area contributed by atoms with Crippen LogP contribution in [-0.4, -0.2) is 11.2 Å². The molecule has 7 heteroatoms. The molecule has 0 unspecified atom stereocenters. The molecule has 0 heterocycles. The highest BCUT2D eigenvalue weighted by Gasteiger charge is 2.34. The summed E-state index contributed by atoms with van der Waals surface area (Å²) in [7, 11) is 0. The molecule has 1 aliphatic rings. The maximum atomic E-state index is 12.6. The monoisotopic (exact) mass is 343 g/mol. The zero-order chi connectivity index (χ0) is 14.9. The van der Waals surface area contributed by atoms with Gasteiger partial charge in [-0.25, -0.2) is 0 Å². The van der Waals surface area contributed by atoms with Gasteiger partial charge in [0, 0.05) is 0 Å². The first-order valence-electron chi connectivity index (χ1n) is 6.61. The second-order valence-electron chi connectivity index (χ2n) is 5.30. The van der Waals surface area contributed by atoms with Crippen molar-refractivity contribution in [3.05, 3.63) is 34.3 Å². The van der Waals surface area contributed by atoms with E-state index >= 15 is 0 Å². The van der Waals surface area contributed by atoms with E-state index in [1.807, 2.05) is 0 Å². The zero-order valence-corrected chi connectivity index (χ0v) is 12.8. The molecule has 120 valence electrons. The first-order valence-corrected chi connectivity index (χ1v) is 6.99. The maximum Gasteiger partial charge on any atom is 0.417 e. The minimum Gasteiger partial charge on any atom is -0.391 e. The summed E-state index contributed by atoms with van der Waals surface area (Å²) in [5.41, 5.74) is 5.51. The van der Waals surface area contributed by atoms with E-state index in [2.05, 4.69) is 0 Å². The van der Waals surface area contributed by atoms with Crippen LogP contribution in [0, 0.1) is 5.92 Å². The average Bonchev–Trinajstić information content (AvgIpc) is 2.89. The molecule has 1 aromatic rings. The SMILES string of the molecule is Cl.N[C@H](c1ccc(C(F)(F)F)c(Cl)c1)[C@@H](O)C1CCCC1. The molecule has 0 aromatic heterocycles. The van der Waals surface area contributed by atoms with E-state index in [0.717, 1.165) is 31.7 Å². The summed E-state index contributed by atoms with van der Waals surface area (Å²) >= 11 is 5.67. The van der Waals surface area contributed by atoms with Gasteiger partial charge in [-0.3, -0.25) is 0 Å². The van der Waals surface area contributed by atoms with E-state index in [0.29, 0.717) is 5.56 Å². The van der Waals surface area contributed by atoms with Crippen LogP contribution in [0.1, 0.15) is 42.9 Å². The second kappa shape index (κ2) is 7.18. The Morgan fingerprint density at radius 3 is 2.29 bits per heavy atom. The highest BCUT2D eigenvalue weighted by molar-refractivity contribution is 6.31. The summed E-state index contributed by atoms with van der Waals surface area (Å²) in [5, 5.41) is 9.82. The predicted octanol–water partition coefficient (Wildman–Crippen LogP) is 4.33. The van der Waals surface area contributed by atoms with Crippen LogP contribution in [-0.2, 0) is 6.18 Å². The van der Waals surface area contributed by atoms with Gasteiger partial charge in [0.15, 0.2) is 0 Å². The third-order valence-electron chi connectivity index (χ3n) is 3.93. The van der Waals surface area contributed by atoms with Gasteiger partial charge in [-0.05, 0) is 36.5 Å². The Hall–Kier alpha value is -0.490. The van der Waals surface area contributed by atoms with Gasteiger partial charge in [-0.2, -0.15) is 13.2 Å². The smallest absolute Gasteiger partial charge is 0.391 e. The Morgan fingerprint density at radius 1 is 1.24 bits per heavy atom. The Morgan fingerprint density at radius 2 is 1.81 bits per heavy atom. The predicted molar refractivity (Wildman–Crippen MR) is 78.6 cm³/mol. The summed E-state index contributed by atoms with van der Waals surface area (Å²) in [5.74, 6) is 0.117. The fraction of sp³-hybridized carbons (Fsp3) is 0.571. The molecule has 1 aromatic carbocycles. The van der Waals surface area contributed by atoms with Crippen molar-refractivity contribution < 1.29 is 18.3 Å². The van der Waals surface area contributed by atoms with E-state index in [1.54, 1.807) is 0 Å². The number of aliphatic hydroxyl groups is 1. The van der Waals surface area contributed by atoms with Gasteiger partial charge in [0.2, 0.25) is 0 Å². The van der Waals surface area contributed by atoms with Crippen LogP contribution in [0.2, 0.25) is 5.02 Å². The van der Waals surface area contributed by atoms with E-state index in [4.69, 9.17) is 17.3 Å². The van der Waals surface area contributed by atoms with Crippen molar-refractivity contribution in [1.82, 2.24) is 0 Å². The molecule has 2 rings (SSSR count). The van der Waals surface area contributed by atoms with Crippen LogP contribution in [0.15, 0.2) is 18.2 Å². The molecular formula is C14H18Cl2F3NO. The van der Waals surface area contributed by atoms with E-state index in [-0.39, 0.29) is 23.3 Å². The number of benzene rings is 1. The van der Waals surface area contributed by atoms with Crippen LogP contribution in [0.4, 0.5) is 13.2 Å². The number of hydrogen-bond donors (Lipinski definition) is 2. The fourth-order valence-electron chi connectivity index (χ4n) is 2.76. The molecule has 3 N–H and O–H groups in total. The Labute approximate surface area is 132 Å². The van der Waals surface area contributed by atoms with Gasteiger partial charge < -0.3 is 10.8 Å². The lowest BCUT2D eigenvalue weighted by atomic mass is 9.90. The third kappa shape index (κ3) is 4.25. The lowest BCUT2D eigenvalue weighted by Gasteiger charge is -2.25. The second-order valence-corrected chi connectivity index (χ2v) is 5.71. The largest absolute Gasteiger partial charge is 0.417 e. The minimum absolute atomic E-state index is 0. The Balaban J connectivity index is 0.00000220. The third-order valence-corrected chi connectivity index (χ3v) is 4.25. The first-order chi connectivity index (χ1) is 9.30. The van der Waals surface area contributed by atoms with Crippen LogP contribution >= 0.6 is 24.0 Å². The summed E-state index contributed by atoms with van der Waals surface area (Å²) in [6, 6.07) is 2.70. The molecule has 0 bridgehead atoms. The van der Waals surface area contributed by atoms with E-state index in [1.165, 1.54) is 12.1 Å². The molecule has 2 nitrogen and oxygen atoms in total. The van der Waals surface area contributed by atoms with Crippen LogP contribution in [0.5, 0.6) is 0 Å². The highest BCUT2D eigenvalue weighted by Crippen LogP contribution is 2.37. The molecule has 1 aliphatic carbocycles. The van der Waals surface area contributed by atoms with Crippen molar-refractivity contribution in [3.63, 3.8) is 0 Å². The summed E-state index contributed by atoms with van der Waals surface area (Å²) in [6.07, 6.45) is -1.30. The summed E-state index contributed by atoms with van der Waals surface area (Å²) < 4.78 is 37.9. The maximum absolute atomic E-state index is 12.6. The van der Waals surface area contributed by atoms with Crippen molar-refractivity contribution >= 4 is 24.0 Å². The molecule has 1 fully saturated rings. The minimum atomic E-state index is -4.48. The molecule has 0 saturated heterocycles. The number of rotatable bonds is 3. The normalized spacial score (nSPS) is 19.1. The van der Waals surface area contributed by atoms with Crippen molar-refractivity contribution in [2.75, 3.05) is 0 Å². The van der Waals surface area contributed by atoms with Crippen molar-refractivity contribution in [2.45, 2.75) is 44.0 Å². The Kier molecular flexibility index (Phi) is 6.35. The first kappa shape index (κ1) is 18.6. The van der Waals surface area contributed by atoms with Crippen molar-refractivity contribution in [2.24, 2.45) is 11.7 Å². The zero-order valence-electron chi connectivity index (χ0n) is 11.2. The van der Waals surface area contributed by atoms with Crippen molar-refractivity contribution in [3.8, 4) is 0 Å². The fourth-order valence-corrected chi connectivity index (χ4v) is 3.05. The van der Waals surface area contributed by atoms with E-state index in [9.17, 15) is 18.3 Å². The lowest BCUT2D eigenvalue weighted by molar-refractivity contribution is -0.137. The van der Waals surface area contributed by atoms with Gasteiger partial charge in [0.25, 0.3) is 0 Å². The van der Waals surface area contributed by atoms with Gasteiger partial charge in [-0.15, -0.1) is 12.4 Å². The molecule has 0 radical (unpaired) electrons. The molecule has 0 aliphatic heterocycles. The van der Waals surface area contributed by atoms with Crippen LogP contribution < -0.4 is 5.73 Å². The topological polar surface area (TPSA) is 46.2 Å². The Bertz CT molecular complexity index is 476. The number of alkyl halides is 3. The van der Waals surface area contributed by atoms with Gasteiger partial charge in [0.05, 0.1) is 22.7 Å². The molecule has 2 atom stereocenters. The van der Waals surface area contributed by atoms with Gasteiger partial charge >= 0.3 is 6.18 Å². The summed E-state index contributed by atoms with van der Waals surface area (Å²) in [6.45, 7) is 0. The molecular weight excluding hydrogens is 326 g/mol. The molecule has 21 heavy (non-hydrogen) atoms. The van der Waals surface area contributed by atoms with Gasteiger partial charge in [-0.1, -0.05) is 30.5 Å². The standard InChI is InChI=1S/C14H17ClF3NO.ClH/c15-11-7-9(5-6-10(11)14(16,17)18)12(19)13(20)8-3-1-2-4-8;/h5-8,12-13,20H,1-4,19H2;1H/t12-,13+;/m1./s1. The highest BCUT2D eigenvalue weighted by atomic mass is 35.5. The number of nitrogens with two attached hydrogens (primary N) is 1. The number of halogens is 5.